The van der Waals surface area contributed by atoms with Crippen molar-refractivity contribution in [2.24, 2.45) is 5.92 Å². The zero-order valence-corrected chi connectivity index (χ0v) is 18.8. The standard InChI is InChI=1S/C26H38NP/c1-27(2)26(21-13-6-3-7-14-21)24-19-12-20-25(24)28(22-15-8-4-9-16-22)23-17-10-5-11-18-23/h3,6-7,12-14,19-20,22-24,26H,4-5,8-11,15-18H2,1-2H3/t24?,26-/m0/s1. The fourth-order valence-electron chi connectivity index (χ4n) is 5.92. The van der Waals surface area contributed by atoms with E-state index in [0.29, 0.717) is 12.0 Å². The van der Waals surface area contributed by atoms with Crippen LogP contribution in [0.3, 0.4) is 0 Å². The lowest BCUT2D eigenvalue weighted by Gasteiger charge is -2.43. The summed E-state index contributed by atoms with van der Waals surface area (Å²) >= 11 is 0. The lowest BCUT2D eigenvalue weighted by atomic mass is 9.93. The van der Waals surface area contributed by atoms with Crippen molar-refractivity contribution in [2.45, 2.75) is 81.6 Å². The predicted octanol–water partition coefficient (Wildman–Crippen LogP) is 7.51. The fraction of sp³-hybridized carbons (Fsp3) is 0.615. The van der Waals surface area contributed by atoms with Crippen LogP contribution in [0.1, 0.15) is 75.8 Å². The molecule has 1 nitrogen and oxygen atoms in total. The van der Waals surface area contributed by atoms with E-state index in [-0.39, 0.29) is 7.92 Å². The number of hydrogen-bond donors (Lipinski definition) is 0. The van der Waals surface area contributed by atoms with Crippen LogP contribution in [0.25, 0.3) is 0 Å². The Morgan fingerprint density at radius 1 is 0.821 bits per heavy atom. The largest absolute Gasteiger partial charge is 0.301 e. The first-order valence-electron chi connectivity index (χ1n) is 11.6. The van der Waals surface area contributed by atoms with Crippen LogP contribution in [-0.4, -0.2) is 30.3 Å². The van der Waals surface area contributed by atoms with Crippen LogP contribution in [0.4, 0.5) is 0 Å². The Kier molecular flexibility index (Phi) is 7.08. The molecular weight excluding hydrogens is 357 g/mol. The third-order valence-corrected chi connectivity index (χ3v) is 10.8. The maximum absolute atomic E-state index is 2.55. The first-order valence-corrected chi connectivity index (χ1v) is 13.1. The highest BCUT2D eigenvalue weighted by Gasteiger charge is 2.39. The molecule has 1 aromatic rings. The number of rotatable bonds is 6. The van der Waals surface area contributed by atoms with Gasteiger partial charge in [0.15, 0.2) is 0 Å². The van der Waals surface area contributed by atoms with Crippen LogP contribution in [0.5, 0.6) is 0 Å². The maximum atomic E-state index is 2.55. The minimum Gasteiger partial charge on any atom is -0.301 e. The van der Waals surface area contributed by atoms with Crippen molar-refractivity contribution in [1.29, 1.82) is 0 Å². The van der Waals surface area contributed by atoms with E-state index < -0.39 is 0 Å². The number of nitrogens with zero attached hydrogens (tertiary/aromatic N) is 1. The average Bonchev–Trinajstić information content (AvgIpc) is 3.19. The Bertz CT molecular complexity index is 647. The van der Waals surface area contributed by atoms with Gasteiger partial charge in [-0.05, 0) is 62.0 Å². The van der Waals surface area contributed by atoms with E-state index in [2.05, 4.69) is 67.6 Å². The highest BCUT2D eigenvalue weighted by molar-refractivity contribution is 7.63. The topological polar surface area (TPSA) is 3.24 Å². The monoisotopic (exact) mass is 395 g/mol. The molecule has 3 aliphatic carbocycles. The number of hydrogen-bond acceptors (Lipinski definition) is 1. The van der Waals surface area contributed by atoms with E-state index in [0.717, 1.165) is 11.3 Å². The van der Waals surface area contributed by atoms with Gasteiger partial charge >= 0.3 is 0 Å². The summed E-state index contributed by atoms with van der Waals surface area (Å²) in [5, 5.41) is 1.83. The molecule has 0 spiro atoms. The van der Waals surface area contributed by atoms with Crippen LogP contribution in [0.15, 0.2) is 53.9 Å². The smallest absolute Gasteiger partial charge is 0.0445 e. The second-order valence-corrected chi connectivity index (χ2v) is 12.1. The van der Waals surface area contributed by atoms with Crippen molar-refractivity contribution in [3.05, 3.63) is 59.4 Å². The first-order chi connectivity index (χ1) is 13.8. The van der Waals surface area contributed by atoms with Gasteiger partial charge in [0.2, 0.25) is 0 Å². The third kappa shape index (κ3) is 4.47. The minimum absolute atomic E-state index is 0.0131. The lowest BCUT2D eigenvalue weighted by Crippen LogP contribution is -2.29. The fourth-order valence-corrected chi connectivity index (χ4v) is 10.0. The van der Waals surface area contributed by atoms with E-state index >= 15 is 0 Å². The average molecular weight is 396 g/mol. The van der Waals surface area contributed by atoms with Gasteiger partial charge in [0.25, 0.3) is 0 Å². The van der Waals surface area contributed by atoms with E-state index in [4.69, 9.17) is 0 Å². The van der Waals surface area contributed by atoms with Crippen LogP contribution in [0, 0.1) is 5.92 Å². The molecule has 0 bridgehead atoms. The molecule has 0 N–H and O–H groups in total. The summed E-state index contributed by atoms with van der Waals surface area (Å²) in [4.78, 5) is 2.46. The second-order valence-electron chi connectivity index (χ2n) is 9.31. The Balaban J connectivity index is 1.64. The zero-order chi connectivity index (χ0) is 19.3. The van der Waals surface area contributed by atoms with Crippen molar-refractivity contribution < 1.29 is 0 Å². The molecule has 3 aliphatic rings. The van der Waals surface area contributed by atoms with Crippen LogP contribution < -0.4 is 0 Å². The normalized spacial score (nSPS) is 25.4. The van der Waals surface area contributed by atoms with Crippen molar-refractivity contribution >= 4 is 7.92 Å². The molecule has 28 heavy (non-hydrogen) atoms. The summed E-state index contributed by atoms with van der Waals surface area (Å²) in [6, 6.07) is 11.7. The highest BCUT2D eigenvalue weighted by atomic mass is 31.1. The SMILES string of the molecule is CN(C)[C@@H](c1ccccc1)C1C=CC=C1P(C1CCCCC1)C1CCCCC1. The molecule has 0 amide bonds. The molecule has 2 fully saturated rings. The van der Waals surface area contributed by atoms with Gasteiger partial charge in [0.05, 0.1) is 0 Å². The van der Waals surface area contributed by atoms with E-state index in [1.165, 1.54) is 69.8 Å². The Morgan fingerprint density at radius 3 is 1.93 bits per heavy atom. The third-order valence-electron chi connectivity index (χ3n) is 7.20. The summed E-state index contributed by atoms with van der Waals surface area (Å²) in [6.45, 7) is 0. The van der Waals surface area contributed by atoms with E-state index in [9.17, 15) is 0 Å². The van der Waals surface area contributed by atoms with Gasteiger partial charge in [0, 0.05) is 12.0 Å². The van der Waals surface area contributed by atoms with Gasteiger partial charge in [-0.3, -0.25) is 0 Å². The molecule has 0 heterocycles. The van der Waals surface area contributed by atoms with Gasteiger partial charge in [-0.2, -0.15) is 0 Å². The Morgan fingerprint density at radius 2 is 1.39 bits per heavy atom. The molecule has 0 saturated heterocycles. The minimum atomic E-state index is -0.0131. The lowest BCUT2D eigenvalue weighted by molar-refractivity contribution is 0.265. The van der Waals surface area contributed by atoms with Gasteiger partial charge < -0.3 is 4.90 Å². The molecule has 2 saturated carbocycles. The molecule has 2 heteroatoms. The van der Waals surface area contributed by atoms with E-state index in [1.807, 2.05) is 5.31 Å². The van der Waals surface area contributed by atoms with Crippen LogP contribution in [-0.2, 0) is 0 Å². The molecule has 0 radical (unpaired) electrons. The first kappa shape index (κ1) is 20.4. The molecule has 2 atom stereocenters. The maximum Gasteiger partial charge on any atom is 0.0445 e. The van der Waals surface area contributed by atoms with Gasteiger partial charge in [0.1, 0.15) is 0 Å². The Labute approximate surface area is 174 Å². The molecule has 1 aromatic carbocycles. The van der Waals surface area contributed by atoms with Gasteiger partial charge in [-0.15, -0.1) is 0 Å². The number of benzene rings is 1. The van der Waals surface area contributed by atoms with Crippen molar-refractivity contribution in [1.82, 2.24) is 4.90 Å². The van der Waals surface area contributed by atoms with Crippen molar-refractivity contribution in [2.75, 3.05) is 14.1 Å². The molecule has 1 unspecified atom stereocenters. The zero-order valence-electron chi connectivity index (χ0n) is 17.9. The summed E-state index contributed by atoms with van der Waals surface area (Å²) < 4.78 is 0. The number of allylic oxidation sites excluding steroid dienone is 2. The van der Waals surface area contributed by atoms with Gasteiger partial charge in [-0.25, -0.2) is 0 Å². The summed E-state index contributed by atoms with van der Waals surface area (Å²) in [7, 11) is 4.52. The molecular formula is C26H38NP. The highest BCUT2D eigenvalue weighted by Crippen LogP contribution is 2.65. The van der Waals surface area contributed by atoms with Crippen LogP contribution in [0.2, 0.25) is 0 Å². The van der Waals surface area contributed by atoms with E-state index in [1.54, 1.807) is 0 Å². The molecule has 0 aliphatic heterocycles. The van der Waals surface area contributed by atoms with Crippen molar-refractivity contribution in [3.63, 3.8) is 0 Å². The quantitative estimate of drug-likeness (QED) is 0.451. The summed E-state index contributed by atoms with van der Waals surface area (Å²) in [6.07, 6.45) is 22.2. The van der Waals surface area contributed by atoms with Crippen molar-refractivity contribution in [3.8, 4) is 0 Å². The summed E-state index contributed by atoms with van der Waals surface area (Å²) in [5.74, 6) is 0.562. The van der Waals surface area contributed by atoms with Crippen LogP contribution >= 0.6 is 7.92 Å². The molecule has 0 aromatic heterocycles. The molecule has 4 rings (SSSR count). The Hall–Kier alpha value is -0.910. The summed E-state index contributed by atoms with van der Waals surface area (Å²) in [5.41, 5.74) is 3.44. The van der Waals surface area contributed by atoms with Gasteiger partial charge in [-0.1, -0.05) is 95.0 Å². The second kappa shape index (κ2) is 9.73. The molecule has 152 valence electrons. The predicted molar refractivity (Wildman–Crippen MR) is 124 cm³/mol.